The first kappa shape index (κ1) is 22.5. The lowest BCUT2D eigenvalue weighted by atomic mass is 10.1. The number of hydrogen-bond acceptors (Lipinski definition) is 7. The summed E-state index contributed by atoms with van der Waals surface area (Å²) < 4.78 is 6.52. The average molecular weight is 486 g/mol. The SMILES string of the molecule is COc1cccc(CNC(=O)c2ccc3c(=O)n4nc(Nc5cc(C)ccc5C)sc4nc3c2)c1. The number of amides is 1. The lowest BCUT2D eigenvalue weighted by molar-refractivity contribution is 0.0951. The van der Waals surface area contributed by atoms with Crippen LogP contribution in [0.25, 0.3) is 15.9 Å². The normalized spacial score (nSPS) is 11.1. The Kier molecular flexibility index (Phi) is 5.92. The van der Waals surface area contributed by atoms with Gasteiger partial charge in [0.1, 0.15) is 5.75 Å². The standard InChI is InChI=1S/C26H23N5O3S/c1-15-7-8-16(2)21(11-15)28-25-30-31-24(33)20-10-9-18(13-22(20)29-26(31)35-25)23(32)27-14-17-5-4-6-19(12-17)34-3/h4-13H,14H2,1-3H3,(H,27,32)(H,28,30). The molecule has 3 aromatic carbocycles. The maximum absolute atomic E-state index is 13.1. The molecule has 2 heterocycles. The highest BCUT2D eigenvalue weighted by Crippen LogP contribution is 2.26. The number of anilines is 2. The van der Waals surface area contributed by atoms with Crippen LogP contribution in [-0.4, -0.2) is 27.6 Å². The van der Waals surface area contributed by atoms with E-state index in [1.54, 1.807) is 25.3 Å². The van der Waals surface area contributed by atoms with Gasteiger partial charge >= 0.3 is 0 Å². The molecular weight excluding hydrogens is 462 g/mol. The van der Waals surface area contributed by atoms with Crippen LogP contribution < -0.4 is 20.9 Å². The lowest BCUT2D eigenvalue weighted by Crippen LogP contribution is -2.23. The summed E-state index contributed by atoms with van der Waals surface area (Å²) in [5.74, 6) is 0.477. The molecular formula is C26H23N5O3S. The van der Waals surface area contributed by atoms with E-state index in [9.17, 15) is 9.59 Å². The third kappa shape index (κ3) is 4.58. The fraction of sp³-hybridized carbons (Fsp3) is 0.154. The minimum absolute atomic E-state index is 0.252. The van der Waals surface area contributed by atoms with Crippen LogP contribution in [0.2, 0.25) is 0 Å². The average Bonchev–Trinajstić information content (AvgIpc) is 3.27. The number of aromatic nitrogens is 3. The zero-order valence-corrected chi connectivity index (χ0v) is 20.3. The summed E-state index contributed by atoms with van der Waals surface area (Å²) >= 11 is 1.28. The molecule has 0 aliphatic rings. The quantitative estimate of drug-likeness (QED) is 0.365. The van der Waals surface area contributed by atoms with Crippen LogP contribution in [0.3, 0.4) is 0 Å². The predicted molar refractivity (Wildman–Crippen MR) is 138 cm³/mol. The number of rotatable bonds is 6. The maximum Gasteiger partial charge on any atom is 0.283 e. The fourth-order valence-corrected chi connectivity index (χ4v) is 4.56. The second kappa shape index (κ2) is 9.19. The highest BCUT2D eigenvalue weighted by molar-refractivity contribution is 7.20. The van der Waals surface area contributed by atoms with Crippen molar-refractivity contribution in [2.75, 3.05) is 12.4 Å². The van der Waals surface area contributed by atoms with Gasteiger partial charge in [-0.05, 0) is 66.9 Å². The fourth-order valence-electron chi connectivity index (χ4n) is 3.75. The van der Waals surface area contributed by atoms with E-state index < -0.39 is 0 Å². The largest absolute Gasteiger partial charge is 0.497 e. The summed E-state index contributed by atoms with van der Waals surface area (Å²) in [5.41, 5.74) is 4.64. The topological polar surface area (TPSA) is 97.6 Å². The van der Waals surface area contributed by atoms with E-state index in [0.717, 1.165) is 28.1 Å². The Balaban J connectivity index is 1.42. The van der Waals surface area contributed by atoms with E-state index in [4.69, 9.17) is 4.74 Å². The van der Waals surface area contributed by atoms with Gasteiger partial charge in [0.15, 0.2) is 0 Å². The third-order valence-corrected chi connectivity index (χ3v) is 6.50. The van der Waals surface area contributed by atoms with Gasteiger partial charge in [-0.15, -0.1) is 5.10 Å². The monoisotopic (exact) mass is 485 g/mol. The van der Waals surface area contributed by atoms with Crippen LogP contribution in [0.15, 0.2) is 65.5 Å². The van der Waals surface area contributed by atoms with Crippen LogP contribution in [-0.2, 0) is 6.54 Å². The van der Waals surface area contributed by atoms with Gasteiger partial charge in [-0.2, -0.15) is 4.52 Å². The van der Waals surface area contributed by atoms with E-state index in [1.165, 1.54) is 15.9 Å². The number of carbonyl (C=O) groups is 1. The number of carbonyl (C=O) groups excluding carboxylic acids is 1. The van der Waals surface area contributed by atoms with Crippen LogP contribution in [0.5, 0.6) is 5.75 Å². The summed E-state index contributed by atoms with van der Waals surface area (Å²) in [6, 6.07) is 18.5. The van der Waals surface area contributed by atoms with Gasteiger partial charge in [-0.25, -0.2) is 4.98 Å². The molecule has 0 saturated carbocycles. The number of methoxy groups -OCH3 is 1. The Labute approximate surface area is 205 Å². The van der Waals surface area contributed by atoms with Crippen LogP contribution in [0, 0.1) is 13.8 Å². The number of nitrogens with one attached hydrogen (secondary N) is 2. The molecule has 2 aromatic heterocycles. The summed E-state index contributed by atoms with van der Waals surface area (Å²) in [7, 11) is 1.60. The number of nitrogens with zero attached hydrogens (tertiary/aromatic N) is 3. The summed E-state index contributed by atoms with van der Waals surface area (Å²) in [6.07, 6.45) is 0. The Hall–Kier alpha value is -4.24. The molecule has 35 heavy (non-hydrogen) atoms. The van der Waals surface area contributed by atoms with Crippen molar-refractivity contribution in [2.45, 2.75) is 20.4 Å². The van der Waals surface area contributed by atoms with Crippen LogP contribution in [0.1, 0.15) is 27.0 Å². The molecule has 0 aliphatic carbocycles. The minimum Gasteiger partial charge on any atom is -0.497 e. The van der Waals surface area contributed by atoms with Crippen molar-refractivity contribution in [3.05, 3.63) is 93.3 Å². The Morgan fingerprint density at radius 2 is 1.94 bits per heavy atom. The molecule has 0 fully saturated rings. The molecule has 0 spiro atoms. The van der Waals surface area contributed by atoms with Crippen molar-refractivity contribution in [3.8, 4) is 5.75 Å². The number of ether oxygens (including phenoxy) is 1. The highest BCUT2D eigenvalue weighted by atomic mass is 32.1. The van der Waals surface area contributed by atoms with Crippen molar-refractivity contribution >= 4 is 43.9 Å². The number of hydrogen-bond donors (Lipinski definition) is 2. The third-order valence-electron chi connectivity index (χ3n) is 5.68. The van der Waals surface area contributed by atoms with E-state index >= 15 is 0 Å². The van der Waals surface area contributed by atoms with E-state index in [0.29, 0.717) is 33.1 Å². The van der Waals surface area contributed by atoms with Crippen LogP contribution in [0.4, 0.5) is 10.8 Å². The molecule has 1 amide bonds. The highest BCUT2D eigenvalue weighted by Gasteiger charge is 2.14. The zero-order valence-electron chi connectivity index (χ0n) is 19.5. The molecule has 0 bridgehead atoms. The molecule has 5 aromatic rings. The molecule has 8 nitrogen and oxygen atoms in total. The summed E-state index contributed by atoms with van der Waals surface area (Å²) in [4.78, 5) is 30.9. The van der Waals surface area contributed by atoms with E-state index in [2.05, 4.69) is 20.7 Å². The Morgan fingerprint density at radius 3 is 2.77 bits per heavy atom. The first-order valence-electron chi connectivity index (χ1n) is 11.0. The second-order valence-corrected chi connectivity index (χ2v) is 9.18. The molecule has 5 rings (SSSR count). The lowest BCUT2D eigenvalue weighted by Gasteiger charge is -2.07. The minimum atomic E-state index is -0.279. The first-order valence-corrected chi connectivity index (χ1v) is 11.8. The van der Waals surface area contributed by atoms with Crippen molar-refractivity contribution in [1.82, 2.24) is 19.9 Å². The number of benzene rings is 3. The Bertz CT molecular complexity index is 1640. The van der Waals surface area contributed by atoms with Gasteiger partial charge in [0.05, 0.1) is 18.0 Å². The summed E-state index contributed by atoms with van der Waals surface area (Å²) in [5, 5.41) is 11.6. The van der Waals surface area contributed by atoms with Gasteiger partial charge in [0.2, 0.25) is 10.1 Å². The molecule has 2 N–H and O–H groups in total. The second-order valence-electron chi connectivity index (χ2n) is 8.23. The van der Waals surface area contributed by atoms with E-state index in [-0.39, 0.29) is 11.5 Å². The summed E-state index contributed by atoms with van der Waals surface area (Å²) in [6.45, 7) is 4.38. The molecule has 0 radical (unpaired) electrons. The predicted octanol–water partition coefficient (Wildman–Crippen LogP) is 4.60. The van der Waals surface area contributed by atoms with Crippen molar-refractivity contribution in [3.63, 3.8) is 0 Å². The van der Waals surface area contributed by atoms with Crippen LogP contribution >= 0.6 is 11.3 Å². The first-order chi connectivity index (χ1) is 16.9. The molecule has 0 unspecified atom stereocenters. The van der Waals surface area contributed by atoms with Gasteiger partial charge in [0, 0.05) is 17.8 Å². The maximum atomic E-state index is 13.1. The molecule has 176 valence electrons. The Morgan fingerprint density at radius 1 is 1.09 bits per heavy atom. The van der Waals surface area contributed by atoms with Crippen molar-refractivity contribution in [1.29, 1.82) is 0 Å². The van der Waals surface area contributed by atoms with Crippen molar-refractivity contribution in [2.24, 2.45) is 0 Å². The van der Waals surface area contributed by atoms with Gasteiger partial charge in [-0.3, -0.25) is 9.59 Å². The number of fused-ring (bicyclic) bond motifs is 2. The molecule has 0 atom stereocenters. The van der Waals surface area contributed by atoms with E-state index in [1.807, 2.05) is 56.3 Å². The van der Waals surface area contributed by atoms with Gasteiger partial charge in [-0.1, -0.05) is 35.6 Å². The molecule has 9 heteroatoms. The van der Waals surface area contributed by atoms with Gasteiger partial charge in [0.25, 0.3) is 11.5 Å². The molecule has 0 saturated heterocycles. The van der Waals surface area contributed by atoms with Gasteiger partial charge < -0.3 is 15.4 Å². The molecule has 0 aliphatic heterocycles. The smallest absolute Gasteiger partial charge is 0.283 e. The number of aryl methyl sites for hydroxylation is 2. The zero-order chi connectivity index (χ0) is 24.5. The van der Waals surface area contributed by atoms with Crippen molar-refractivity contribution < 1.29 is 9.53 Å².